The average Bonchev–Trinajstić information content (AvgIpc) is 2.56. The van der Waals surface area contributed by atoms with Crippen LogP contribution >= 0.6 is 23.2 Å². The molecule has 1 saturated carbocycles. The lowest BCUT2D eigenvalue weighted by Gasteiger charge is -2.32. The van der Waals surface area contributed by atoms with Crippen LogP contribution < -0.4 is 4.90 Å². The Morgan fingerprint density at radius 1 is 1.09 bits per heavy atom. The van der Waals surface area contributed by atoms with Gasteiger partial charge in [0.05, 0.1) is 10.7 Å². The van der Waals surface area contributed by atoms with Crippen LogP contribution in [0.25, 0.3) is 0 Å². The number of pyridine rings is 1. The minimum atomic E-state index is 0.678. The maximum absolute atomic E-state index is 6.47. The second kappa shape index (κ2) is 8.03. The van der Waals surface area contributed by atoms with E-state index < -0.39 is 0 Å². The fourth-order valence-corrected chi connectivity index (χ4v) is 3.91. The molecule has 122 valence electrons. The highest BCUT2D eigenvalue weighted by molar-refractivity contribution is 6.36. The van der Waals surface area contributed by atoms with Crippen LogP contribution in [0.15, 0.2) is 42.7 Å². The normalized spacial score (nSPS) is 15.6. The van der Waals surface area contributed by atoms with Crippen molar-refractivity contribution in [3.05, 3.63) is 58.3 Å². The minimum absolute atomic E-state index is 0.678. The second-order valence-electron chi connectivity index (χ2n) is 6.34. The minimum Gasteiger partial charge on any atom is -0.366 e. The third-order valence-electron chi connectivity index (χ3n) is 4.55. The highest BCUT2D eigenvalue weighted by Gasteiger charge is 2.19. The molecule has 0 saturated heterocycles. The molecule has 2 aromatic rings. The van der Waals surface area contributed by atoms with E-state index in [4.69, 9.17) is 23.2 Å². The first-order valence-electron chi connectivity index (χ1n) is 8.31. The van der Waals surface area contributed by atoms with Crippen molar-refractivity contribution in [3.8, 4) is 0 Å². The molecule has 0 N–H and O–H groups in total. The van der Waals surface area contributed by atoms with E-state index in [1.54, 1.807) is 0 Å². The summed E-state index contributed by atoms with van der Waals surface area (Å²) in [6.45, 7) is 1.86. The molecule has 0 unspecified atom stereocenters. The van der Waals surface area contributed by atoms with Crippen molar-refractivity contribution < 1.29 is 0 Å². The van der Waals surface area contributed by atoms with Gasteiger partial charge in [-0.15, -0.1) is 0 Å². The zero-order valence-corrected chi connectivity index (χ0v) is 14.7. The van der Waals surface area contributed by atoms with E-state index in [1.807, 2.05) is 36.7 Å². The van der Waals surface area contributed by atoms with E-state index in [9.17, 15) is 0 Å². The van der Waals surface area contributed by atoms with Crippen molar-refractivity contribution in [1.29, 1.82) is 0 Å². The van der Waals surface area contributed by atoms with Gasteiger partial charge < -0.3 is 4.90 Å². The summed E-state index contributed by atoms with van der Waals surface area (Å²) >= 11 is 12.5. The maximum atomic E-state index is 6.47. The Morgan fingerprint density at radius 2 is 1.91 bits per heavy atom. The highest BCUT2D eigenvalue weighted by Crippen LogP contribution is 2.32. The predicted molar refractivity (Wildman–Crippen MR) is 98.3 cm³/mol. The lowest BCUT2D eigenvalue weighted by molar-refractivity contribution is 0.357. The molecule has 0 amide bonds. The fourth-order valence-electron chi connectivity index (χ4n) is 3.38. The molecule has 0 spiro atoms. The van der Waals surface area contributed by atoms with E-state index in [0.717, 1.165) is 29.7 Å². The lowest BCUT2D eigenvalue weighted by Crippen LogP contribution is -2.30. The fraction of sp³-hybridized carbons (Fsp3) is 0.421. The number of anilines is 1. The summed E-state index contributed by atoms with van der Waals surface area (Å²) in [5.41, 5.74) is 2.26. The first kappa shape index (κ1) is 16.6. The van der Waals surface area contributed by atoms with Crippen molar-refractivity contribution >= 4 is 28.9 Å². The third-order valence-corrected chi connectivity index (χ3v) is 5.09. The number of halogens is 2. The Morgan fingerprint density at radius 3 is 2.61 bits per heavy atom. The van der Waals surface area contributed by atoms with Crippen molar-refractivity contribution in [2.45, 2.75) is 38.6 Å². The number of nitrogens with zero attached hydrogens (tertiary/aromatic N) is 2. The van der Waals surface area contributed by atoms with Crippen LogP contribution in [0.4, 0.5) is 5.69 Å². The number of hydrogen-bond acceptors (Lipinski definition) is 2. The van der Waals surface area contributed by atoms with Crippen molar-refractivity contribution in [2.75, 3.05) is 11.4 Å². The lowest BCUT2D eigenvalue weighted by atomic mass is 9.88. The molecule has 3 rings (SSSR count). The molecule has 1 aromatic carbocycles. The summed E-state index contributed by atoms with van der Waals surface area (Å²) in [6, 6.07) is 9.88. The van der Waals surface area contributed by atoms with Gasteiger partial charge in [-0.1, -0.05) is 48.5 Å². The molecule has 4 heteroatoms. The average molecular weight is 349 g/mol. The molecule has 1 heterocycles. The van der Waals surface area contributed by atoms with Crippen LogP contribution in [-0.2, 0) is 6.54 Å². The van der Waals surface area contributed by atoms with Crippen LogP contribution in [0.5, 0.6) is 0 Å². The number of rotatable bonds is 5. The summed E-state index contributed by atoms with van der Waals surface area (Å²) in [6.07, 6.45) is 10.4. The van der Waals surface area contributed by atoms with Gasteiger partial charge in [0.2, 0.25) is 0 Å². The molecule has 0 aliphatic heterocycles. The molecule has 2 nitrogen and oxygen atoms in total. The van der Waals surface area contributed by atoms with Gasteiger partial charge in [-0.25, -0.2) is 0 Å². The first-order valence-corrected chi connectivity index (χ1v) is 9.07. The van der Waals surface area contributed by atoms with Gasteiger partial charge in [0.1, 0.15) is 0 Å². The van der Waals surface area contributed by atoms with Crippen LogP contribution in [0, 0.1) is 5.92 Å². The standard InChI is InChI=1S/C19H22Cl2N2/c20-17-8-9-19(18(21)11-17)23(13-15-5-2-1-3-6-15)14-16-7-4-10-22-12-16/h4,7-12,15H,1-3,5-6,13-14H2. The SMILES string of the molecule is Clc1ccc(N(Cc2cccnc2)CC2CCCCC2)c(Cl)c1. The molecule has 1 fully saturated rings. The quantitative estimate of drug-likeness (QED) is 0.660. The molecule has 0 bridgehead atoms. The summed E-state index contributed by atoms with van der Waals surface area (Å²) < 4.78 is 0. The third kappa shape index (κ3) is 4.62. The van der Waals surface area contributed by atoms with E-state index >= 15 is 0 Å². The Balaban J connectivity index is 1.82. The van der Waals surface area contributed by atoms with Crippen LogP contribution in [-0.4, -0.2) is 11.5 Å². The molecule has 1 aliphatic rings. The van der Waals surface area contributed by atoms with Crippen LogP contribution in [0.2, 0.25) is 10.0 Å². The summed E-state index contributed by atoms with van der Waals surface area (Å²) in [7, 11) is 0. The molecule has 0 atom stereocenters. The van der Waals surface area contributed by atoms with E-state index in [-0.39, 0.29) is 0 Å². The van der Waals surface area contributed by atoms with Gasteiger partial charge in [0.15, 0.2) is 0 Å². The van der Waals surface area contributed by atoms with Gasteiger partial charge in [0, 0.05) is 30.5 Å². The number of aromatic nitrogens is 1. The van der Waals surface area contributed by atoms with Gasteiger partial charge in [-0.3, -0.25) is 4.98 Å². The molecular formula is C19H22Cl2N2. The van der Waals surface area contributed by atoms with Crippen molar-refractivity contribution in [3.63, 3.8) is 0 Å². The Labute approximate surface area is 148 Å². The van der Waals surface area contributed by atoms with Gasteiger partial charge in [-0.2, -0.15) is 0 Å². The van der Waals surface area contributed by atoms with Crippen molar-refractivity contribution in [2.24, 2.45) is 5.92 Å². The molecule has 1 aromatic heterocycles. The maximum Gasteiger partial charge on any atom is 0.0654 e. The summed E-state index contributed by atoms with van der Waals surface area (Å²) in [5, 5.41) is 1.40. The van der Waals surface area contributed by atoms with Crippen molar-refractivity contribution in [1.82, 2.24) is 4.98 Å². The van der Waals surface area contributed by atoms with E-state index in [1.165, 1.54) is 37.7 Å². The number of benzene rings is 1. The monoisotopic (exact) mass is 348 g/mol. The second-order valence-corrected chi connectivity index (χ2v) is 7.19. The number of hydrogen-bond donors (Lipinski definition) is 0. The van der Waals surface area contributed by atoms with Gasteiger partial charge in [-0.05, 0) is 48.6 Å². The molecular weight excluding hydrogens is 327 g/mol. The summed E-state index contributed by atoms with van der Waals surface area (Å²) in [5.74, 6) is 0.743. The Bertz CT molecular complexity index is 625. The largest absolute Gasteiger partial charge is 0.366 e. The van der Waals surface area contributed by atoms with E-state index in [0.29, 0.717) is 5.02 Å². The van der Waals surface area contributed by atoms with E-state index in [2.05, 4.69) is 16.0 Å². The Hall–Kier alpha value is -1.25. The smallest absolute Gasteiger partial charge is 0.0654 e. The first-order chi connectivity index (χ1) is 11.2. The molecule has 1 aliphatic carbocycles. The van der Waals surface area contributed by atoms with Crippen LogP contribution in [0.1, 0.15) is 37.7 Å². The van der Waals surface area contributed by atoms with Gasteiger partial charge in [0.25, 0.3) is 0 Å². The summed E-state index contributed by atoms with van der Waals surface area (Å²) in [4.78, 5) is 6.61. The predicted octanol–water partition coefficient (Wildman–Crippen LogP) is 5.98. The zero-order valence-electron chi connectivity index (χ0n) is 13.2. The topological polar surface area (TPSA) is 16.1 Å². The highest BCUT2D eigenvalue weighted by atomic mass is 35.5. The Kier molecular flexibility index (Phi) is 5.80. The van der Waals surface area contributed by atoms with Gasteiger partial charge >= 0.3 is 0 Å². The zero-order chi connectivity index (χ0) is 16.1. The molecule has 23 heavy (non-hydrogen) atoms. The molecule has 0 radical (unpaired) electrons. The van der Waals surface area contributed by atoms with Crippen LogP contribution in [0.3, 0.4) is 0 Å².